The summed E-state index contributed by atoms with van der Waals surface area (Å²) in [5.74, 6) is -0.666. The molecule has 0 atom stereocenters. The van der Waals surface area contributed by atoms with Crippen LogP contribution >= 0.6 is 11.8 Å². The van der Waals surface area contributed by atoms with Gasteiger partial charge in [0, 0.05) is 24.1 Å². The summed E-state index contributed by atoms with van der Waals surface area (Å²) in [7, 11) is 2.82. The Kier molecular flexibility index (Phi) is 4.73. The molecule has 6 nitrogen and oxygen atoms in total. The second-order valence-corrected chi connectivity index (χ2v) is 6.93. The third kappa shape index (κ3) is 3.06. The number of ether oxygens (including phenoxy) is 1. The normalized spacial score (nSPS) is 15.8. The predicted molar refractivity (Wildman–Crippen MR) is 100 cm³/mol. The van der Waals surface area contributed by atoms with E-state index in [0.29, 0.717) is 10.5 Å². The summed E-state index contributed by atoms with van der Waals surface area (Å²) in [4.78, 5) is 36.8. The molecule has 0 aliphatic carbocycles. The molecular formula is C19H18N2O4S. The van der Waals surface area contributed by atoms with Crippen LogP contribution in [-0.4, -0.2) is 40.7 Å². The Bertz CT molecular complexity index is 941. The number of carbonyl (C=O) groups is 3. The van der Waals surface area contributed by atoms with Crippen LogP contribution in [0, 0.1) is 13.8 Å². The third-order valence-corrected chi connectivity index (χ3v) is 5.25. The number of hydrogen-bond donors (Lipinski definition) is 0. The predicted octanol–water partition coefficient (Wildman–Crippen LogP) is 3.55. The fourth-order valence-electron chi connectivity index (χ4n) is 2.88. The molecule has 2 heterocycles. The number of nitrogens with zero attached hydrogens (tertiary/aromatic N) is 2. The SMILES string of the molecule is COC(=O)c1ccc(-n2c(C)cc(/C=C3\SC(=O)N(C)C3=O)c2C)cc1. The number of esters is 1. The maximum atomic E-state index is 12.1. The molecule has 1 aliphatic rings. The summed E-state index contributed by atoms with van der Waals surface area (Å²) < 4.78 is 6.75. The zero-order valence-corrected chi connectivity index (χ0v) is 15.7. The van der Waals surface area contributed by atoms with Crippen molar-refractivity contribution in [1.82, 2.24) is 9.47 Å². The van der Waals surface area contributed by atoms with Crippen molar-refractivity contribution in [2.75, 3.05) is 14.2 Å². The summed E-state index contributed by atoms with van der Waals surface area (Å²) in [6, 6.07) is 9.07. The molecule has 0 saturated carbocycles. The molecule has 2 aromatic rings. The van der Waals surface area contributed by atoms with Crippen LogP contribution in [0.2, 0.25) is 0 Å². The lowest BCUT2D eigenvalue weighted by molar-refractivity contribution is -0.121. The molecule has 2 amide bonds. The van der Waals surface area contributed by atoms with E-state index in [9.17, 15) is 14.4 Å². The highest BCUT2D eigenvalue weighted by molar-refractivity contribution is 8.18. The Hall–Kier alpha value is -2.80. The van der Waals surface area contributed by atoms with E-state index in [1.807, 2.05) is 36.6 Å². The molecule has 3 rings (SSSR count). The van der Waals surface area contributed by atoms with Crippen LogP contribution in [0.5, 0.6) is 0 Å². The molecule has 7 heteroatoms. The largest absolute Gasteiger partial charge is 0.465 e. The monoisotopic (exact) mass is 370 g/mol. The van der Waals surface area contributed by atoms with Crippen molar-refractivity contribution in [2.45, 2.75) is 13.8 Å². The van der Waals surface area contributed by atoms with Gasteiger partial charge < -0.3 is 9.30 Å². The van der Waals surface area contributed by atoms with E-state index in [1.165, 1.54) is 14.2 Å². The summed E-state index contributed by atoms with van der Waals surface area (Å²) in [6.45, 7) is 3.91. The van der Waals surface area contributed by atoms with Crippen molar-refractivity contribution in [3.05, 3.63) is 57.8 Å². The highest BCUT2D eigenvalue weighted by Gasteiger charge is 2.32. The molecule has 1 fully saturated rings. The van der Waals surface area contributed by atoms with Crippen LogP contribution in [-0.2, 0) is 9.53 Å². The van der Waals surface area contributed by atoms with E-state index in [2.05, 4.69) is 0 Å². The third-order valence-electron chi connectivity index (χ3n) is 4.29. The molecule has 0 N–H and O–H groups in total. The minimum atomic E-state index is -0.381. The Labute approximate surface area is 155 Å². The van der Waals surface area contributed by atoms with Gasteiger partial charge in [0.2, 0.25) is 0 Å². The maximum absolute atomic E-state index is 12.1. The number of thioether (sulfide) groups is 1. The number of methoxy groups -OCH3 is 1. The van der Waals surface area contributed by atoms with E-state index in [-0.39, 0.29) is 17.1 Å². The minimum Gasteiger partial charge on any atom is -0.465 e. The van der Waals surface area contributed by atoms with Crippen LogP contribution in [0.4, 0.5) is 4.79 Å². The molecule has 1 aromatic carbocycles. The van der Waals surface area contributed by atoms with E-state index in [1.54, 1.807) is 18.2 Å². The highest BCUT2D eigenvalue weighted by atomic mass is 32.2. The first-order valence-corrected chi connectivity index (χ1v) is 8.74. The molecule has 1 aromatic heterocycles. The Morgan fingerprint density at radius 3 is 2.35 bits per heavy atom. The number of rotatable bonds is 3. The minimum absolute atomic E-state index is 0.270. The number of benzene rings is 1. The van der Waals surface area contributed by atoms with Gasteiger partial charge in [-0.1, -0.05) is 0 Å². The van der Waals surface area contributed by atoms with E-state index >= 15 is 0 Å². The molecule has 1 saturated heterocycles. The summed E-state index contributed by atoms with van der Waals surface area (Å²) >= 11 is 0.942. The van der Waals surface area contributed by atoms with Crippen LogP contribution in [0.3, 0.4) is 0 Å². The Balaban J connectivity index is 1.98. The van der Waals surface area contributed by atoms with E-state index in [0.717, 1.165) is 39.3 Å². The topological polar surface area (TPSA) is 68.6 Å². The van der Waals surface area contributed by atoms with Crippen molar-refractivity contribution in [1.29, 1.82) is 0 Å². The second kappa shape index (κ2) is 6.84. The summed E-state index contributed by atoms with van der Waals surface area (Å²) in [6.07, 6.45) is 1.75. The van der Waals surface area contributed by atoms with Gasteiger partial charge in [0.05, 0.1) is 17.6 Å². The van der Waals surface area contributed by atoms with Crippen LogP contribution in [0.25, 0.3) is 11.8 Å². The van der Waals surface area contributed by atoms with Crippen LogP contribution < -0.4 is 0 Å². The van der Waals surface area contributed by atoms with Crippen LogP contribution in [0.15, 0.2) is 35.2 Å². The van der Waals surface area contributed by atoms with E-state index in [4.69, 9.17) is 4.74 Å². The van der Waals surface area contributed by atoms with Crippen molar-refractivity contribution >= 4 is 35.0 Å². The first kappa shape index (κ1) is 18.0. The number of aromatic nitrogens is 1. The summed E-state index contributed by atoms with van der Waals surface area (Å²) in [5, 5.41) is -0.270. The number of hydrogen-bond acceptors (Lipinski definition) is 5. The lowest BCUT2D eigenvalue weighted by Crippen LogP contribution is -2.22. The zero-order chi connectivity index (χ0) is 19.0. The smallest absolute Gasteiger partial charge is 0.337 e. The molecule has 134 valence electrons. The number of carbonyl (C=O) groups excluding carboxylic acids is 3. The fraction of sp³-hybridized carbons (Fsp3) is 0.211. The summed E-state index contributed by atoms with van der Waals surface area (Å²) in [5.41, 5.74) is 4.18. The van der Waals surface area contributed by atoms with E-state index < -0.39 is 0 Å². The fourth-order valence-corrected chi connectivity index (χ4v) is 3.70. The van der Waals surface area contributed by atoms with Gasteiger partial charge >= 0.3 is 5.97 Å². The Morgan fingerprint density at radius 1 is 1.15 bits per heavy atom. The van der Waals surface area contributed by atoms with Gasteiger partial charge in [-0.25, -0.2) is 4.79 Å². The van der Waals surface area contributed by atoms with Gasteiger partial charge in [0.1, 0.15) is 0 Å². The molecular weight excluding hydrogens is 352 g/mol. The maximum Gasteiger partial charge on any atom is 0.337 e. The molecule has 0 unspecified atom stereocenters. The van der Waals surface area contributed by atoms with Gasteiger partial charge in [-0.3, -0.25) is 14.5 Å². The molecule has 26 heavy (non-hydrogen) atoms. The average molecular weight is 370 g/mol. The van der Waals surface area contributed by atoms with Crippen molar-refractivity contribution < 1.29 is 19.1 Å². The number of amides is 2. The number of aryl methyl sites for hydroxylation is 1. The standard InChI is InChI=1S/C19H18N2O4S/c1-11-9-14(10-16-17(22)20(3)19(24)26-16)12(2)21(11)15-7-5-13(6-8-15)18(23)25-4/h5-10H,1-4H3/b16-10-. The van der Waals surface area contributed by atoms with Gasteiger partial charge in [0.15, 0.2) is 0 Å². The average Bonchev–Trinajstić information content (AvgIpc) is 3.04. The van der Waals surface area contributed by atoms with Crippen LogP contribution in [0.1, 0.15) is 27.3 Å². The quantitative estimate of drug-likeness (QED) is 0.610. The molecule has 1 aliphatic heterocycles. The van der Waals surface area contributed by atoms with Crippen molar-refractivity contribution in [3.8, 4) is 5.69 Å². The lowest BCUT2D eigenvalue weighted by Gasteiger charge is -2.10. The van der Waals surface area contributed by atoms with Crippen molar-refractivity contribution in [3.63, 3.8) is 0 Å². The van der Waals surface area contributed by atoms with Gasteiger partial charge in [0.25, 0.3) is 11.1 Å². The van der Waals surface area contributed by atoms with Crippen molar-refractivity contribution in [2.24, 2.45) is 0 Å². The highest BCUT2D eigenvalue weighted by Crippen LogP contribution is 2.32. The lowest BCUT2D eigenvalue weighted by atomic mass is 10.2. The van der Waals surface area contributed by atoms with Gasteiger partial charge in [-0.05, 0) is 67.6 Å². The number of likely N-dealkylation sites (N-methyl/N-ethyl adjacent to an activating group) is 1. The Morgan fingerprint density at radius 2 is 1.81 bits per heavy atom. The zero-order valence-electron chi connectivity index (χ0n) is 14.9. The molecule has 0 bridgehead atoms. The number of imide groups is 1. The molecule has 0 spiro atoms. The second-order valence-electron chi connectivity index (χ2n) is 5.94. The van der Waals surface area contributed by atoms with Gasteiger partial charge in [-0.2, -0.15) is 0 Å². The first-order chi connectivity index (χ1) is 12.3. The molecule has 0 radical (unpaired) electrons. The first-order valence-electron chi connectivity index (χ1n) is 7.92. The van der Waals surface area contributed by atoms with Gasteiger partial charge in [-0.15, -0.1) is 0 Å².